The molecule has 116 valence electrons. The molecule has 0 unspecified atom stereocenters. The molecule has 0 bridgehead atoms. The molecule has 1 aromatic heterocycles. The minimum absolute atomic E-state index is 0.0343. The van der Waals surface area contributed by atoms with Crippen molar-refractivity contribution in [3.05, 3.63) is 46.7 Å². The van der Waals surface area contributed by atoms with Crippen molar-refractivity contribution in [3.8, 4) is 0 Å². The third-order valence-electron chi connectivity index (χ3n) is 3.99. The maximum atomic E-state index is 12.7. The number of carbonyl (C=O) groups excluding carboxylic acids is 1. The van der Waals surface area contributed by atoms with Gasteiger partial charge in [0.15, 0.2) is 0 Å². The van der Waals surface area contributed by atoms with Crippen molar-refractivity contribution in [2.75, 3.05) is 18.4 Å². The molecule has 1 amide bonds. The third kappa shape index (κ3) is 2.81. The van der Waals surface area contributed by atoms with E-state index < -0.39 is 0 Å². The summed E-state index contributed by atoms with van der Waals surface area (Å²) in [5.74, 6) is -0.0343. The lowest BCUT2D eigenvalue weighted by atomic mass is 10.2. The van der Waals surface area contributed by atoms with Crippen molar-refractivity contribution in [1.82, 2.24) is 14.7 Å². The van der Waals surface area contributed by atoms with Crippen LogP contribution in [0.2, 0.25) is 5.15 Å². The lowest BCUT2D eigenvalue weighted by Crippen LogP contribution is -2.32. The molecule has 1 aliphatic heterocycles. The summed E-state index contributed by atoms with van der Waals surface area (Å²) in [6.07, 6.45) is 0.928. The Hall–Kier alpha value is -2.01. The van der Waals surface area contributed by atoms with Gasteiger partial charge in [-0.15, -0.1) is 0 Å². The normalized spacial score (nSPS) is 17.8. The Bertz CT molecular complexity index is 683. The van der Waals surface area contributed by atoms with Crippen LogP contribution in [0.15, 0.2) is 30.3 Å². The Morgan fingerprint density at radius 3 is 2.73 bits per heavy atom. The molecule has 6 heteroatoms. The molecule has 0 spiro atoms. The number of anilines is 1. The van der Waals surface area contributed by atoms with Crippen LogP contribution in [0.3, 0.4) is 0 Å². The Morgan fingerprint density at radius 2 is 2.09 bits per heavy atom. The second-order valence-corrected chi connectivity index (χ2v) is 5.98. The molecule has 1 atom stereocenters. The van der Waals surface area contributed by atoms with Crippen LogP contribution < -0.4 is 5.32 Å². The lowest BCUT2D eigenvalue weighted by Gasteiger charge is -2.17. The summed E-state index contributed by atoms with van der Waals surface area (Å²) in [6, 6.07) is 10.3. The van der Waals surface area contributed by atoms with Gasteiger partial charge in [0.1, 0.15) is 5.15 Å². The summed E-state index contributed by atoms with van der Waals surface area (Å²) in [5, 5.41) is 8.08. The first kappa shape index (κ1) is 14.9. The van der Waals surface area contributed by atoms with Gasteiger partial charge in [-0.25, -0.2) is 0 Å². The molecule has 3 rings (SSSR count). The SMILES string of the molecule is Cc1nn(C)c(Cl)c1C(=O)N1CC[C@H](Nc2ccccc2)C1. The molecule has 1 N–H and O–H groups in total. The summed E-state index contributed by atoms with van der Waals surface area (Å²) in [4.78, 5) is 14.5. The van der Waals surface area contributed by atoms with Crippen LogP contribution in [-0.2, 0) is 7.05 Å². The molecule has 0 aliphatic carbocycles. The summed E-state index contributed by atoms with van der Waals surface area (Å²) in [7, 11) is 1.75. The second kappa shape index (κ2) is 6.01. The quantitative estimate of drug-likeness (QED) is 0.946. The van der Waals surface area contributed by atoms with E-state index in [1.165, 1.54) is 0 Å². The van der Waals surface area contributed by atoms with Gasteiger partial charge >= 0.3 is 0 Å². The van der Waals surface area contributed by atoms with Crippen LogP contribution >= 0.6 is 11.6 Å². The van der Waals surface area contributed by atoms with E-state index in [0.717, 1.165) is 18.7 Å². The highest BCUT2D eigenvalue weighted by Crippen LogP contribution is 2.23. The van der Waals surface area contributed by atoms with E-state index in [1.807, 2.05) is 42.2 Å². The van der Waals surface area contributed by atoms with Crippen LogP contribution in [0.25, 0.3) is 0 Å². The molecule has 1 saturated heterocycles. The van der Waals surface area contributed by atoms with E-state index in [4.69, 9.17) is 11.6 Å². The first-order valence-corrected chi connectivity index (χ1v) is 7.74. The lowest BCUT2D eigenvalue weighted by molar-refractivity contribution is 0.0791. The van der Waals surface area contributed by atoms with Gasteiger partial charge < -0.3 is 10.2 Å². The number of hydrogen-bond acceptors (Lipinski definition) is 3. The van der Waals surface area contributed by atoms with Crippen molar-refractivity contribution in [2.45, 2.75) is 19.4 Å². The van der Waals surface area contributed by atoms with Crippen LogP contribution in [-0.4, -0.2) is 39.7 Å². The van der Waals surface area contributed by atoms with Crippen LogP contribution in [0.1, 0.15) is 22.5 Å². The van der Waals surface area contributed by atoms with E-state index in [2.05, 4.69) is 10.4 Å². The summed E-state index contributed by atoms with van der Waals surface area (Å²) < 4.78 is 1.54. The predicted molar refractivity (Wildman–Crippen MR) is 87.3 cm³/mol. The van der Waals surface area contributed by atoms with Gasteiger partial charge in [0, 0.05) is 31.9 Å². The standard InChI is InChI=1S/C16H19ClN4O/c1-11-14(15(17)20(2)19-11)16(22)21-9-8-13(10-21)18-12-6-4-3-5-7-12/h3-7,13,18H,8-10H2,1-2H3/t13-/m0/s1. The Morgan fingerprint density at radius 1 is 1.36 bits per heavy atom. The van der Waals surface area contributed by atoms with Gasteiger partial charge in [0.2, 0.25) is 0 Å². The maximum Gasteiger partial charge on any atom is 0.258 e. The monoisotopic (exact) mass is 318 g/mol. The molecule has 1 aliphatic rings. The van der Waals surface area contributed by atoms with Crippen LogP contribution in [0, 0.1) is 6.92 Å². The zero-order valence-corrected chi connectivity index (χ0v) is 13.5. The molecule has 2 heterocycles. The van der Waals surface area contributed by atoms with Crippen molar-refractivity contribution in [1.29, 1.82) is 0 Å². The van der Waals surface area contributed by atoms with E-state index in [9.17, 15) is 4.79 Å². The number of aromatic nitrogens is 2. The number of rotatable bonds is 3. The van der Waals surface area contributed by atoms with Crippen molar-refractivity contribution >= 4 is 23.2 Å². The number of nitrogens with one attached hydrogen (secondary N) is 1. The highest BCUT2D eigenvalue weighted by molar-refractivity contribution is 6.33. The molecule has 0 radical (unpaired) electrons. The molecule has 2 aromatic rings. The summed E-state index contributed by atoms with van der Waals surface area (Å²) in [5.41, 5.74) is 2.28. The number of nitrogens with zero attached hydrogens (tertiary/aromatic N) is 3. The number of aryl methyl sites for hydroxylation is 2. The Labute approximate surface area is 134 Å². The zero-order chi connectivity index (χ0) is 15.7. The first-order valence-electron chi connectivity index (χ1n) is 7.36. The minimum Gasteiger partial charge on any atom is -0.380 e. The van der Waals surface area contributed by atoms with Crippen molar-refractivity contribution < 1.29 is 4.79 Å². The van der Waals surface area contributed by atoms with Crippen molar-refractivity contribution in [2.24, 2.45) is 7.05 Å². The number of para-hydroxylation sites is 1. The van der Waals surface area contributed by atoms with E-state index in [0.29, 0.717) is 23.0 Å². The first-order chi connectivity index (χ1) is 10.6. The molecule has 0 saturated carbocycles. The summed E-state index contributed by atoms with van der Waals surface area (Å²) >= 11 is 6.19. The number of carbonyl (C=O) groups is 1. The Kier molecular flexibility index (Phi) is 4.07. The van der Waals surface area contributed by atoms with E-state index >= 15 is 0 Å². The van der Waals surface area contributed by atoms with Gasteiger partial charge in [0.25, 0.3) is 5.91 Å². The summed E-state index contributed by atoms with van der Waals surface area (Å²) in [6.45, 7) is 3.22. The molecular weight excluding hydrogens is 300 g/mol. The highest BCUT2D eigenvalue weighted by Gasteiger charge is 2.30. The van der Waals surface area contributed by atoms with E-state index in [1.54, 1.807) is 11.7 Å². The Balaban J connectivity index is 1.68. The maximum absolute atomic E-state index is 12.7. The number of halogens is 1. The highest BCUT2D eigenvalue weighted by atomic mass is 35.5. The largest absolute Gasteiger partial charge is 0.380 e. The molecule has 5 nitrogen and oxygen atoms in total. The topological polar surface area (TPSA) is 50.2 Å². The third-order valence-corrected chi connectivity index (χ3v) is 4.42. The van der Waals surface area contributed by atoms with Crippen LogP contribution in [0.5, 0.6) is 0 Å². The zero-order valence-electron chi connectivity index (χ0n) is 12.7. The fourth-order valence-corrected chi connectivity index (χ4v) is 3.12. The van der Waals surface area contributed by atoms with Gasteiger partial charge in [-0.3, -0.25) is 9.48 Å². The fourth-order valence-electron chi connectivity index (χ4n) is 2.86. The minimum atomic E-state index is -0.0343. The van der Waals surface area contributed by atoms with Gasteiger partial charge in [-0.1, -0.05) is 29.8 Å². The van der Waals surface area contributed by atoms with Gasteiger partial charge in [0.05, 0.1) is 11.3 Å². The fraction of sp³-hybridized carbons (Fsp3) is 0.375. The average molecular weight is 319 g/mol. The van der Waals surface area contributed by atoms with E-state index in [-0.39, 0.29) is 11.9 Å². The number of hydrogen-bond donors (Lipinski definition) is 1. The van der Waals surface area contributed by atoms with Crippen LogP contribution in [0.4, 0.5) is 5.69 Å². The van der Waals surface area contributed by atoms with Crippen molar-refractivity contribution in [3.63, 3.8) is 0 Å². The second-order valence-electron chi connectivity index (χ2n) is 5.62. The van der Waals surface area contributed by atoms with Gasteiger partial charge in [-0.2, -0.15) is 5.10 Å². The smallest absolute Gasteiger partial charge is 0.258 e. The molecular formula is C16H19ClN4O. The van der Waals surface area contributed by atoms with Gasteiger partial charge in [-0.05, 0) is 25.5 Å². The number of likely N-dealkylation sites (tertiary alicyclic amines) is 1. The molecule has 1 fully saturated rings. The number of benzene rings is 1. The molecule has 22 heavy (non-hydrogen) atoms. The number of amides is 1. The molecule has 1 aromatic carbocycles. The average Bonchev–Trinajstić information content (AvgIpc) is 3.05. The predicted octanol–water partition coefficient (Wildman–Crippen LogP) is 2.71.